The van der Waals surface area contributed by atoms with Crippen molar-refractivity contribution in [2.45, 2.75) is 32.9 Å². The van der Waals surface area contributed by atoms with Gasteiger partial charge < -0.3 is 21.1 Å². The van der Waals surface area contributed by atoms with Crippen LogP contribution in [0.1, 0.15) is 36.7 Å². The van der Waals surface area contributed by atoms with E-state index in [0.29, 0.717) is 37.3 Å². The number of pyridine rings is 1. The molecule has 9 nitrogen and oxygen atoms in total. The van der Waals surface area contributed by atoms with Gasteiger partial charge in [0.15, 0.2) is 5.78 Å². The lowest BCUT2D eigenvalue weighted by atomic mass is 9.87. The third-order valence-electron chi connectivity index (χ3n) is 4.92. The number of hydrogen-bond acceptors (Lipinski definition) is 7. The number of anilines is 1. The number of benzene rings is 1. The number of carbonyl (C=O) groups is 2. The number of amides is 1. The lowest BCUT2D eigenvalue weighted by molar-refractivity contribution is 0.0525. The average molecular weight is 422 g/mol. The highest BCUT2D eigenvalue weighted by atomic mass is 16.6. The summed E-state index contributed by atoms with van der Waals surface area (Å²) in [5.41, 5.74) is 9.22. The number of carbonyl (C=O) groups excluding carboxylic acids is 2. The van der Waals surface area contributed by atoms with Crippen molar-refractivity contribution in [3.8, 4) is 11.3 Å². The molecule has 162 valence electrons. The largest absolute Gasteiger partial charge is 0.444 e. The minimum atomic E-state index is -0.561. The Morgan fingerprint density at radius 3 is 2.74 bits per heavy atom. The molecule has 0 aliphatic heterocycles. The molecule has 3 aromatic rings. The summed E-state index contributed by atoms with van der Waals surface area (Å²) < 4.78 is 7.09. The topological polar surface area (TPSA) is 124 Å². The predicted octanol–water partition coefficient (Wildman–Crippen LogP) is 2.54. The first-order valence-corrected chi connectivity index (χ1v) is 10.2. The Kier molecular flexibility index (Phi) is 5.36. The highest BCUT2D eigenvalue weighted by Gasteiger charge is 2.31. The van der Waals surface area contributed by atoms with Crippen molar-refractivity contribution in [2.75, 3.05) is 25.0 Å². The number of fused-ring (bicyclic) bond motifs is 2. The lowest BCUT2D eigenvalue weighted by Gasteiger charge is -2.19. The minimum Gasteiger partial charge on any atom is -0.444 e. The summed E-state index contributed by atoms with van der Waals surface area (Å²) in [5.74, 6) is -0.0906. The first-order chi connectivity index (χ1) is 14.8. The van der Waals surface area contributed by atoms with Crippen LogP contribution in [0.15, 0.2) is 30.6 Å². The number of alkyl carbamates (subject to hydrolysis) is 1. The monoisotopic (exact) mass is 422 g/mol. The molecule has 0 fully saturated rings. The highest BCUT2D eigenvalue weighted by molar-refractivity contribution is 6.27. The second-order valence-electron chi connectivity index (χ2n) is 8.35. The number of nitrogens with one attached hydrogen (secondary N) is 2. The number of aromatic nitrogens is 3. The standard InChI is InChI=1S/C22H26N6O3/c1-22(2,3)31-21(30)26-10-11-28-16-5-4-15(25-9-7-23)17-18(16)19(27-28)13-6-8-24-12-14(13)20(17)29/h4-6,8,12,25H,7,9-11,23H2,1-3H3,(H,26,30). The number of nitrogens with zero attached hydrogens (tertiary/aromatic N) is 3. The summed E-state index contributed by atoms with van der Waals surface area (Å²) >= 11 is 0. The van der Waals surface area contributed by atoms with Gasteiger partial charge in [0.2, 0.25) is 0 Å². The van der Waals surface area contributed by atoms with Gasteiger partial charge in [0.1, 0.15) is 11.3 Å². The zero-order valence-electron chi connectivity index (χ0n) is 17.9. The van der Waals surface area contributed by atoms with E-state index in [4.69, 9.17) is 15.6 Å². The molecule has 2 aromatic heterocycles. The van der Waals surface area contributed by atoms with Crippen LogP contribution in [-0.2, 0) is 11.3 Å². The van der Waals surface area contributed by atoms with E-state index in [1.807, 2.05) is 32.9 Å². The normalized spacial score (nSPS) is 12.6. The average Bonchev–Trinajstić information content (AvgIpc) is 3.08. The number of ether oxygens (including phenoxy) is 1. The molecule has 9 heteroatoms. The minimum absolute atomic E-state index is 0.0906. The molecule has 1 amide bonds. The number of hydrogen-bond donors (Lipinski definition) is 3. The van der Waals surface area contributed by atoms with Crippen molar-refractivity contribution in [3.63, 3.8) is 0 Å². The Hall–Kier alpha value is -3.46. The van der Waals surface area contributed by atoms with Gasteiger partial charge in [-0.25, -0.2) is 4.79 Å². The quantitative estimate of drug-likeness (QED) is 0.436. The maximum absolute atomic E-state index is 13.3. The van der Waals surface area contributed by atoms with E-state index in [0.717, 1.165) is 27.8 Å². The molecule has 4 rings (SSSR count). The fourth-order valence-electron chi connectivity index (χ4n) is 3.71. The van der Waals surface area contributed by atoms with Gasteiger partial charge in [0, 0.05) is 48.7 Å². The van der Waals surface area contributed by atoms with Crippen LogP contribution >= 0.6 is 0 Å². The Bertz CT molecular complexity index is 1160. The zero-order valence-corrected chi connectivity index (χ0v) is 17.9. The number of nitrogens with two attached hydrogens (primary N) is 1. The highest BCUT2D eigenvalue weighted by Crippen LogP contribution is 2.41. The van der Waals surface area contributed by atoms with E-state index < -0.39 is 11.7 Å². The fraction of sp³-hybridized carbons (Fsp3) is 0.364. The fourth-order valence-corrected chi connectivity index (χ4v) is 3.71. The molecule has 0 radical (unpaired) electrons. The molecule has 4 N–H and O–H groups in total. The molecule has 0 saturated heterocycles. The molecular formula is C22H26N6O3. The van der Waals surface area contributed by atoms with Crippen molar-refractivity contribution in [3.05, 3.63) is 41.7 Å². The van der Waals surface area contributed by atoms with Gasteiger partial charge in [-0.2, -0.15) is 5.10 Å². The van der Waals surface area contributed by atoms with Crippen LogP contribution in [0.25, 0.3) is 22.2 Å². The summed E-state index contributed by atoms with van der Waals surface area (Å²) in [6.45, 7) is 7.22. The van der Waals surface area contributed by atoms with Crippen molar-refractivity contribution in [2.24, 2.45) is 5.73 Å². The molecule has 2 heterocycles. The SMILES string of the molecule is CC(C)(C)OC(=O)NCCn1nc2c3c(c(NCCN)ccc31)C(=O)c1cnccc1-2. The smallest absolute Gasteiger partial charge is 0.407 e. The Balaban J connectivity index is 1.71. The van der Waals surface area contributed by atoms with Crippen LogP contribution in [0.4, 0.5) is 10.5 Å². The first kappa shape index (κ1) is 20.8. The van der Waals surface area contributed by atoms with E-state index >= 15 is 0 Å². The van der Waals surface area contributed by atoms with Gasteiger partial charge in [-0.05, 0) is 39.0 Å². The third-order valence-corrected chi connectivity index (χ3v) is 4.92. The van der Waals surface area contributed by atoms with Crippen LogP contribution in [0.5, 0.6) is 0 Å². The molecule has 1 aliphatic rings. The summed E-state index contributed by atoms with van der Waals surface area (Å²) in [6.07, 6.45) is 2.76. The van der Waals surface area contributed by atoms with Gasteiger partial charge in [-0.1, -0.05) is 0 Å². The van der Waals surface area contributed by atoms with Gasteiger partial charge in [-0.3, -0.25) is 14.5 Å². The van der Waals surface area contributed by atoms with Crippen LogP contribution in [0, 0.1) is 0 Å². The summed E-state index contributed by atoms with van der Waals surface area (Å²) in [6, 6.07) is 5.61. The molecule has 0 atom stereocenters. The van der Waals surface area contributed by atoms with Crippen molar-refractivity contribution in [1.29, 1.82) is 0 Å². The molecule has 0 unspecified atom stereocenters. The third kappa shape index (κ3) is 3.96. The molecule has 1 aromatic carbocycles. The maximum Gasteiger partial charge on any atom is 0.407 e. The molecule has 31 heavy (non-hydrogen) atoms. The number of rotatable bonds is 6. The van der Waals surface area contributed by atoms with Crippen LogP contribution in [-0.4, -0.2) is 51.9 Å². The maximum atomic E-state index is 13.3. The van der Waals surface area contributed by atoms with Gasteiger partial charge in [-0.15, -0.1) is 0 Å². The van der Waals surface area contributed by atoms with E-state index in [9.17, 15) is 9.59 Å². The second-order valence-corrected chi connectivity index (χ2v) is 8.35. The molecule has 1 aliphatic carbocycles. The van der Waals surface area contributed by atoms with Crippen LogP contribution in [0.3, 0.4) is 0 Å². The van der Waals surface area contributed by atoms with Crippen LogP contribution < -0.4 is 16.4 Å². The van der Waals surface area contributed by atoms with Crippen molar-refractivity contribution in [1.82, 2.24) is 20.1 Å². The summed E-state index contributed by atoms with van der Waals surface area (Å²) in [5, 5.41) is 11.6. The van der Waals surface area contributed by atoms with Crippen LogP contribution in [0.2, 0.25) is 0 Å². The zero-order chi connectivity index (χ0) is 22.2. The van der Waals surface area contributed by atoms with E-state index in [2.05, 4.69) is 15.6 Å². The van der Waals surface area contributed by atoms with E-state index in [1.165, 1.54) is 0 Å². The molecule has 0 saturated carbocycles. The molecule has 0 spiro atoms. The number of ketones is 1. The van der Waals surface area contributed by atoms with E-state index in [-0.39, 0.29) is 5.78 Å². The van der Waals surface area contributed by atoms with Gasteiger partial charge in [0.05, 0.1) is 23.2 Å². The van der Waals surface area contributed by atoms with Gasteiger partial charge in [0.25, 0.3) is 0 Å². The molecular weight excluding hydrogens is 396 g/mol. The Morgan fingerprint density at radius 1 is 1.19 bits per heavy atom. The first-order valence-electron chi connectivity index (χ1n) is 10.2. The summed E-state index contributed by atoms with van der Waals surface area (Å²) in [4.78, 5) is 29.4. The van der Waals surface area contributed by atoms with E-state index in [1.54, 1.807) is 23.1 Å². The predicted molar refractivity (Wildman–Crippen MR) is 118 cm³/mol. The molecule has 0 bridgehead atoms. The Morgan fingerprint density at radius 2 is 2.00 bits per heavy atom. The second kappa shape index (κ2) is 7.99. The van der Waals surface area contributed by atoms with Gasteiger partial charge >= 0.3 is 6.09 Å². The Labute approximate surface area is 180 Å². The summed E-state index contributed by atoms with van der Waals surface area (Å²) in [7, 11) is 0. The van der Waals surface area contributed by atoms with Crippen molar-refractivity contribution >= 4 is 28.5 Å². The van der Waals surface area contributed by atoms with Crippen molar-refractivity contribution < 1.29 is 14.3 Å². The lowest BCUT2D eigenvalue weighted by Crippen LogP contribution is -2.34.